The predicted octanol–water partition coefficient (Wildman–Crippen LogP) is 6.29. The van der Waals surface area contributed by atoms with E-state index in [9.17, 15) is 0 Å². The molecule has 7 aliphatic rings. The molecule has 1 aromatic heterocycles. The molecule has 0 spiro atoms. The van der Waals surface area contributed by atoms with Gasteiger partial charge in [0, 0.05) is 0 Å². The Bertz CT molecular complexity index is 2890. The SMILES string of the molecule is [B-]1B2B3B1P23(Nc1ccccc1)c1ccc2c3c1Cc1ccc4c5ccccc5n5c4c1B3c1c-5cccc1C2(c1ccccc1)c1ccccc1. The Kier molecular flexibility index (Phi) is 4.63. The van der Waals surface area contributed by atoms with Crippen LogP contribution in [0.25, 0.3) is 27.5 Å². The van der Waals surface area contributed by atoms with Gasteiger partial charge in [0.2, 0.25) is 0 Å². The van der Waals surface area contributed by atoms with E-state index in [1.807, 2.05) is 0 Å². The second kappa shape index (κ2) is 8.74. The fourth-order valence-electron chi connectivity index (χ4n) is 12.6. The Morgan fingerprint density at radius 1 is 0.596 bits per heavy atom. The van der Waals surface area contributed by atoms with Gasteiger partial charge in [0.1, 0.15) is 0 Å². The average Bonchev–Trinajstić information content (AvgIpc) is 3.78. The molecule has 0 saturated carbocycles. The molecule has 0 unspecified atom stereocenters. The molecule has 15 rings (SSSR count). The van der Waals surface area contributed by atoms with E-state index in [-0.39, 0.29) is 6.71 Å². The molecular weight excluding hydrogens is 642 g/mol. The van der Waals surface area contributed by atoms with Crippen molar-refractivity contribution in [1.82, 2.24) is 4.57 Å². The van der Waals surface area contributed by atoms with Crippen LogP contribution in [0.1, 0.15) is 33.4 Å². The van der Waals surface area contributed by atoms with Gasteiger partial charge in [-0.2, -0.15) is 0 Å². The minimum atomic E-state index is -2.34. The molecule has 7 aromatic carbocycles. The number of nitrogens with one attached hydrogen (secondary N) is 1. The summed E-state index contributed by atoms with van der Waals surface area (Å²) in [5.74, 6) is 0. The molecule has 8 aromatic rings. The normalized spacial score (nSPS) is 19.4. The summed E-state index contributed by atoms with van der Waals surface area (Å²) >= 11 is 0. The first-order valence-corrected chi connectivity index (χ1v) is 21.4. The summed E-state index contributed by atoms with van der Waals surface area (Å²) in [6, 6.07) is 60.4. The van der Waals surface area contributed by atoms with Crippen LogP contribution in [-0.2, 0) is 11.8 Å². The van der Waals surface area contributed by atoms with E-state index < -0.39 is 11.8 Å². The molecule has 52 heavy (non-hydrogen) atoms. The molecule has 2 radical (unpaired) electrons. The summed E-state index contributed by atoms with van der Waals surface area (Å²) in [5.41, 5.74) is 18.2. The van der Waals surface area contributed by atoms with Crippen LogP contribution in [-0.4, -0.2) is 37.0 Å². The van der Waals surface area contributed by atoms with Crippen molar-refractivity contribution in [2.75, 3.05) is 5.09 Å². The van der Waals surface area contributed by atoms with Crippen molar-refractivity contribution in [1.29, 1.82) is 0 Å². The fraction of sp³-hybridized carbons (Fsp3) is 0.0455. The number of hydrogen-bond acceptors (Lipinski definition) is 1. The van der Waals surface area contributed by atoms with Gasteiger partial charge in [-0.3, -0.25) is 0 Å². The molecule has 236 valence electrons. The summed E-state index contributed by atoms with van der Waals surface area (Å²) in [6.07, 6.45) is 0.912. The van der Waals surface area contributed by atoms with Crippen LogP contribution < -0.4 is 26.8 Å². The van der Waals surface area contributed by atoms with Crippen molar-refractivity contribution in [3.8, 4) is 5.69 Å². The molecule has 1 N–H and O–H groups in total. The Hall–Kier alpha value is -5.11. The van der Waals surface area contributed by atoms with Gasteiger partial charge in [0.15, 0.2) is 0 Å². The average molecular weight is 671 g/mol. The number of aromatic nitrogens is 1. The Balaban J connectivity index is 1.17. The molecule has 8 heteroatoms. The molecule has 0 aliphatic carbocycles. The van der Waals surface area contributed by atoms with E-state index in [1.54, 1.807) is 16.3 Å². The van der Waals surface area contributed by atoms with Gasteiger partial charge in [0.05, 0.1) is 0 Å². The van der Waals surface area contributed by atoms with E-state index in [1.165, 1.54) is 71.9 Å². The van der Waals surface area contributed by atoms with Crippen molar-refractivity contribution < 1.29 is 0 Å². The van der Waals surface area contributed by atoms with Crippen LogP contribution in [0.5, 0.6) is 0 Å². The molecule has 8 heterocycles. The zero-order valence-corrected chi connectivity index (χ0v) is 29.4. The number of para-hydroxylation sites is 2. The number of nitrogens with zero attached hydrogens (tertiary/aromatic N) is 1. The maximum absolute atomic E-state index is 4.40. The third-order valence-corrected chi connectivity index (χ3v) is 21.7. The second-order valence-corrected chi connectivity index (χ2v) is 21.4. The number of hydrogen-bond donors (Lipinski definition) is 1. The number of fused-ring (bicyclic) bond motifs is 4. The molecule has 0 atom stereocenters. The molecular formula is C44H29B5N2P-. The molecule has 7 aliphatic heterocycles. The Labute approximate surface area is 305 Å². The topological polar surface area (TPSA) is 17.0 Å². The van der Waals surface area contributed by atoms with E-state index in [4.69, 9.17) is 0 Å². The number of rotatable bonds is 5. The van der Waals surface area contributed by atoms with Gasteiger partial charge >= 0.3 is 306 Å². The zero-order chi connectivity index (χ0) is 33.6. The zero-order valence-electron chi connectivity index (χ0n) is 28.5. The monoisotopic (exact) mass is 671 g/mol. The third kappa shape index (κ3) is 2.67. The van der Waals surface area contributed by atoms with Crippen LogP contribution in [0.3, 0.4) is 0 Å². The Morgan fingerprint density at radius 3 is 1.98 bits per heavy atom. The summed E-state index contributed by atoms with van der Waals surface area (Å²) in [4.78, 5) is 0. The van der Waals surface area contributed by atoms with Gasteiger partial charge < -0.3 is 0 Å². The van der Waals surface area contributed by atoms with Crippen molar-refractivity contribution in [2.45, 2.75) is 11.8 Å². The first-order valence-electron chi connectivity index (χ1n) is 18.9. The van der Waals surface area contributed by atoms with Crippen LogP contribution in [0.2, 0.25) is 0 Å². The number of benzene rings is 7. The van der Waals surface area contributed by atoms with Crippen molar-refractivity contribution in [2.24, 2.45) is 0 Å². The van der Waals surface area contributed by atoms with E-state index in [2.05, 4.69) is 174 Å². The summed E-state index contributed by atoms with van der Waals surface area (Å²) in [5, 5.41) is 8.81. The van der Waals surface area contributed by atoms with Crippen LogP contribution in [0, 0.1) is 0 Å². The fourth-order valence-corrected chi connectivity index (χ4v) is 20.9. The van der Waals surface area contributed by atoms with Crippen LogP contribution in [0.4, 0.5) is 5.69 Å². The molecule has 2 bridgehead atoms. The quantitative estimate of drug-likeness (QED) is 0.168. The molecule has 4 saturated heterocycles. The van der Waals surface area contributed by atoms with E-state index in [0.29, 0.717) is 0 Å². The van der Waals surface area contributed by atoms with Crippen molar-refractivity contribution >= 4 is 88.0 Å². The first-order chi connectivity index (χ1) is 25.8. The predicted molar refractivity (Wildman–Crippen MR) is 226 cm³/mol. The van der Waals surface area contributed by atoms with Gasteiger partial charge in [-0.1, -0.05) is 0 Å². The summed E-state index contributed by atoms with van der Waals surface area (Å²) in [7, 11) is 2.68. The third-order valence-electron chi connectivity index (χ3n) is 14.6. The second-order valence-electron chi connectivity index (χ2n) is 16.2. The van der Waals surface area contributed by atoms with Gasteiger partial charge in [-0.25, -0.2) is 0 Å². The molecule has 0 amide bonds. The van der Waals surface area contributed by atoms with Gasteiger partial charge in [-0.15, -0.1) is 0 Å². The van der Waals surface area contributed by atoms with Crippen molar-refractivity contribution in [3.63, 3.8) is 0 Å². The molecule has 2 nitrogen and oxygen atoms in total. The summed E-state index contributed by atoms with van der Waals surface area (Å²) < 4.78 is 2.63. The summed E-state index contributed by atoms with van der Waals surface area (Å²) in [6.45, 7) is 0.190. The maximum atomic E-state index is 4.40. The van der Waals surface area contributed by atoms with Crippen LogP contribution in [0.15, 0.2) is 158 Å². The number of anilines is 1. The van der Waals surface area contributed by atoms with Gasteiger partial charge in [0.25, 0.3) is 0 Å². The van der Waals surface area contributed by atoms with E-state index in [0.717, 1.165) is 25.1 Å². The first kappa shape index (κ1) is 27.5. The molecule has 4 fully saturated rings. The Morgan fingerprint density at radius 2 is 1.27 bits per heavy atom. The van der Waals surface area contributed by atoms with Crippen molar-refractivity contribution in [3.05, 3.63) is 191 Å². The minimum absolute atomic E-state index is 0.190. The van der Waals surface area contributed by atoms with Crippen LogP contribution >= 0.6 is 6.39 Å². The van der Waals surface area contributed by atoms with E-state index >= 15 is 0 Å². The van der Waals surface area contributed by atoms with Gasteiger partial charge in [-0.05, 0) is 0 Å². The standard InChI is InChI=1S/C44H29B5N2P/c1-4-13-29(14-5-1)44(30-15-6-2-7-16-30)35-20-12-22-38-42(35)46-40-28(23-24-33-32-19-10-11-21-37(32)51(38)43(33)40)27-34-39(26-25-36(44)41(34)46)52(47-45-48(52)49(47)52)50-31-17-8-3-9-18-31/h1-26,50H,27H2/q-1.